The molecule has 3 heterocycles. The molecule has 0 aliphatic heterocycles. The molecule has 8 heteroatoms. The van der Waals surface area contributed by atoms with Gasteiger partial charge in [0.1, 0.15) is 23.2 Å². The predicted molar refractivity (Wildman–Crippen MR) is 108 cm³/mol. The van der Waals surface area contributed by atoms with Gasteiger partial charge in [0.25, 0.3) is 5.56 Å². The summed E-state index contributed by atoms with van der Waals surface area (Å²) in [6, 6.07) is 3.87. The minimum absolute atomic E-state index is 0.0760. The lowest BCUT2D eigenvalue weighted by molar-refractivity contribution is -0.120. The van der Waals surface area contributed by atoms with Crippen molar-refractivity contribution < 1.29 is 4.79 Å². The number of aryl methyl sites for hydroxylation is 1. The normalized spacial score (nSPS) is 15.0. The number of hydrogen-bond acceptors (Lipinski definition) is 7. The molecule has 1 saturated carbocycles. The molecule has 1 fully saturated rings. The van der Waals surface area contributed by atoms with Crippen LogP contribution in [-0.2, 0) is 11.3 Å². The molecule has 1 aliphatic rings. The van der Waals surface area contributed by atoms with Crippen LogP contribution in [-0.4, -0.2) is 31.3 Å². The van der Waals surface area contributed by atoms with Crippen LogP contribution in [0.4, 0.5) is 17.5 Å². The van der Waals surface area contributed by atoms with Gasteiger partial charge in [0.15, 0.2) is 0 Å². The van der Waals surface area contributed by atoms with E-state index in [2.05, 4.69) is 25.6 Å². The first-order valence-corrected chi connectivity index (χ1v) is 9.49. The van der Waals surface area contributed by atoms with Crippen LogP contribution in [0.1, 0.15) is 32.6 Å². The Morgan fingerprint density at radius 3 is 2.71 bits per heavy atom. The van der Waals surface area contributed by atoms with E-state index < -0.39 is 0 Å². The molecule has 3 aromatic rings. The van der Waals surface area contributed by atoms with Crippen molar-refractivity contribution in [2.75, 3.05) is 10.6 Å². The molecule has 0 spiro atoms. The van der Waals surface area contributed by atoms with Gasteiger partial charge >= 0.3 is 0 Å². The summed E-state index contributed by atoms with van der Waals surface area (Å²) < 4.78 is 1.66. The highest BCUT2D eigenvalue weighted by atomic mass is 16.1. The van der Waals surface area contributed by atoms with Gasteiger partial charge in [0, 0.05) is 44.0 Å². The van der Waals surface area contributed by atoms with Gasteiger partial charge in [-0.2, -0.15) is 0 Å². The third-order valence-corrected chi connectivity index (χ3v) is 5.00. The standard InChI is InChI=1S/C20H22N6O2/c1-2-26-10-7-13-11-16(24-17-12-21-8-9-22-17)25-19(18(13)20(26)28)23-14-3-5-15(27)6-4-14/h7-12,14H,2-6H2,1H3,(H2,22,23,24,25). The first-order chi connectivity index (χ1) is 13.6. The Morgan fingerprint density at radius 2 is 2.00 bits per heavy atom. The van der Waals surface area contributed by atoms with Gasteiger partial charge in [-0.1, -0.05) is 0 Å². The van der Waals surface area contributed by atoms with Crippen molar-refractivity contribution in [2.24, 2.45) is 0 Å². The molecule has 1 aliphatic carbocycles. The zero-order valence-electron chi connectivity index (χ0n) is 15.7. The largest absolute Gasteiger partial charge is 0.367 e. The van der Waals surface area contributed by atoms with E-state index in [1.54, 1.807) is 29.4 Å². The first-order valence-electron chi connectivity index (χ1n) is 9.49. The molecule has 0 aromatic carbocycles. The fourth-order valence-corrected chi connectivity index (χ4v) is 3.49. The summed E-state index contributed by atoms with van der Waals surface area (Å²) in [4.78, 5) is 37.4. The molecule has 0 bridgehead atoms. The Morgan fingerprint density at radius 1 is 1.18 bits per heavy atom. The molecule has 2 N–H and O–H groups in total. The number of fused-ring (bicyclic) bond motifs is 1. The van der Waals surface area contributed by atoms with E-state index in [1.807, 2.05) is 19.1 Å². The van der Waals surface area contributed by atoms with E-state index in [4.69, 9.17) is 0 Å². The average molecular weight is 378 g/mol. The van der Waals surface area contributed by atoms with Crippen molar-refractivity contribution in [3.8, 4) is 0 Å². The molecule has 144 valence electrons. The van der Waals surface area contributed by atoms with Crippen molar-refractivity contribution in [3.63, 3.8) is 0 Å². The minimum Gasteiger partial charge on any atom is -0.367 e. The number of aromatic nitrogens is 4. The van der Waals surface area contributed by atoms with Crippen LogP contribution in [0.3, 0.4) is 0 Å². The van der Waals surface area contributed by atoms with Crippen LogP contribution in [0.15, 0.2) is 41.7 Å². The van der Waals surface area contributed by atoms with Crippen molar-refractivity contribution in [2.45, 2.75) is 45.2 Å². The van der Waals surface area contributed by atoms with Crippen LogP contribution in [0.25, 0.3) is 10.8 Å². The Balaban J connectivity index is 1.76. The molecule has 8 nitrogen and oxygen atoms in total. The molecule has 3 aromatic heterocycles. The second-order valence-electron chi connectivity index (χ2n) is 6.90. The quantitative estimate of drug-likeness (QED) is 0.704. The molecular formula is C20H22N6O2. The molecule has 4 rings (SSSR count). The lowest BCUT2D eigenvalue weighted by atomic mass is 9.94. The number of carbonyl (C=O) groups is 1. The fraction of sp³-hybridized carbons (Fsp3) is 0.350. The van der Waals surface area contributed by atoms with Gasteiger partial charge in [-0.25, -0.2) is 9.97 Å². The summed E-state index contributed by atoms with van der Waals surface area (Å²) >= 11 is 0. The summed E-state index contributed by atoms with van der Waals surface area (Å²) in [5.41, 5.74) is -0.0760. The maximum atomic E-state index is 12.9. The van der Waals surface area contributed by atoms with E-state index in [9.17, 15) is 9.59 Å². The molecule has 28 heavy (non-hydrogen) atoms. The second-order valence-corrected chi connectivity index (χ2v) is 6.90. The zero-order valence-corrected chi connectivity index (χ0v) is 15.7. The number of nitrogens with zero attached hydrogens (tertiary/aromatic N) is 4. The third kappa shape index (κ3) is 3.71. The van der Waals surface area contributed by atoms with Gasteiger partial charge in [-0.05, 0) is 37.3 Å². The summed E-state index contributed by atoms with van der Waals surface area (Å²) in [6.45, 7) is 2.52. The third-order valence-electron chi connectivity index (χ3n) is 5.00. The number of pyridine rings is 2. The van der Waals surface area contributed by atoms with E-state index in [-0.39, 0.29) is 11.6 Å². The number of rotatable bonds is 5. The van der Waals surface area contributed by atoms with Gasteiger partial charge in [0.2, 0.25) is 0 Å². The van der Waals surface area contributed by atoms with Gasteiger partial charge in [0.05, 0.1) is 11.6 Å². The average Bonchev–Trinajstić information content (AvgIpc) is 2.70. The van der Waals surface area contributed by atoms with Crippen LogP contribution >= 0.6 is 0 Å². The number of ketones is 1. The lowest BCUT2D eigenvalue weighted by Crippen LogP contribution is -2.28. The van der Waals surface area contributed by atoms with Crippen molar-refractivity contribution >= 4 is 34.0 Å². The van der Waals surface area contributed by atoms with Gasteiger partial charge < -0.3 is 15.2 Å². The molecule has 0 unspecified atom stereocenters. The number of nitrogens with one attached hydrogen (secondary N) is 2. The van der Waals surface area contributed by atoms with E-state index in [1.165, 1.54) is 0 Å². The SMILES string of the molecule is CCn1ccc2cc(Nc3cnccn3)nc(NC3CCC(=O)CC3)c2c1=O. The van der Waals surface area contributed by atoms with Crippen molar-refractivity contribution in [1.82, 2.24) is 19.5 Å². The zero-order chi connectivity index (χ0) is 19.5. The predicted octanol–water partition coefficient (Wildman–Crippen LogP) is 2.87. The molecular weight excluding hydrogens is 356 g/mol. The second kappa shape index (κ2) is 7.75. The number of carbonyl (C=O) groups excluding carboxylic acids is 1. The molecule has 0 radical (unpaired) electrons. The molecule has 0 amide bonds. The van der Waals surface area contributed by atoms with Gasteiger partial charge in [-0.3, -0.25) is 14.6 Å². The first kappa shape index (κ1) is 18.1. The maximum Gasteiger partial charge on any atom is 0.262 e. The highest BCUT2D eigenvalue weighted by molar-refractivity contribution is 5.93. The van der Waals surface area contributed by atoms with E-state index in [0.29, 0.717) is 48.0 Å². The van der Waals surface area contributed by atoms with E-state index in [0.717, 1.165) is 18.2 Å². The summed E-state index contributed by atoms with van der Waals surface area (Å²) in [7, 11) is 0. The summed E-state index contributed by atoms with van der Waals surface area (Å²) in [5.74, 6) is 1.99. The van der Waals surface area contributed by atoms with Gasteiger partial charge in [-0.15, -0.1) is 0 Å². The summed E-state index contributed by atoms with van der Waals surface area (Å²) in [5, 5.41) is 7.91. The molecule has 0 atom stereocenters. The number of hydrogen-bond donors (Lipinski definition) is 2. The lowest BCUT2D eigenvalue weighted by Gasteiger charge is -2.23. The topological polar surface area (TPSA) is 102 Å². The minimum atomic E-state index is -0.0760. The Bertz CT molecular complexity index is 1050. The van der Waals surface area contributed by atoms with Crippen molar-refractivity contribution in [1.29, 1.82) is 0 Å². The van der Waals surface area contributed by atoms with Crippen LogP contribution in [0, 0.1) is 0 Å². The molecule has 0 saturated heterocycles. The smallest absolute Gasteiger partial charge is 0.262 e. The highest BCUT2D eigenvalue weighted by Crippen LogP contribution is 2.26. The Labute approximate surface area is 162 Å². The fourth-order valence-electron chi connectivity index (χ4n) is 3.49. The van der Waals surface area contributed by atoms with Crippen LogP contribution in [0.2, 0.25) is 0 Å². The Hall–Kier alpha value is -3.29. The monoisotopic (exact) mass is 378 g/mol. The Kier molecular flexibility index (Phi) is 5.01. The van der Waals surface area contributed by atoms with Crippen LogP contribution < -0.4 is 16.2 Å². The van der Waals surface area contributed by atoms with Crippen LogP contribution in [0.5, 0.6) is 0 Å². The number of anilines is 3. The van der Waals surface area contributed by atoms with E-state index >= 15 is 0 Å². The highest BCUT2D eigenvalue weighted by Gasteiger charge is 2.21. The summed E-state index contributed by atoms with van der Waals surface area (Å²) in [6.07, 6.45) is 9.22. The number of Topliss-reactive ketones (excluding diaryl/α,β-unsaturated/α-hetero) is 1. The maximum absolute atomic E-state index is 12.9. The van der Waals surface area contributed by atoms with Crippen molar-refractivity contribution in [3.05, 3.63) is 47.3 Å².